The minimum absolute atomic E-state index is 0.0298. The summed E-state index contributed by atoms with van der Waals surface area (Å²) in [7, 11) is 5.83. The van der Waals surface area contributed by atoms with E-state index in [2.05, 4.69) is 31.9 Å². The Kier molecular flexibility index (Phi) is 28.6. The molecule has 29 heteroatoms. The molecule has 4 aromatic rings. The Morgan fingerprint density at radius 3 is 1.16 bits per heavy atom. The van der Waals surface area contributed by atoms with Gasteiger partial charge in [-0.25, -0.2) is 0 Å². The van der Waals surface area contributed by atoms with Crippen molar-refractivity contribution in [3.8, 4) is 0 Å². The van der Waals surface area contributed by atoms with Gasteiger partial charge in [0.05, 0.1) is 55.2 Å². The van der Waals surface area contributed by atoms with Gasteiger partial charge in [0.15, 0.2) is 0 Å². The van der Waals surface area contributed by atoms with Gasteiger partial charge in [-0.15, -0.1) is 0 Å². The summed E-state index contributed by atoms with van der Waals surface area (Å²) in [5, 5.41) is 60.0. The lowest BCUT2D eigenvalue weighted by Gasteiger charge is -2.27. The van der Waals surface area contributed by atoms with Crippen molar-refractivity contribution in [2.24, 2.45) is 0 Å². The van der Waals surface area contributed by atoms with Gasteiger partial charge in [-0.2, -0.15) is 18.9 Å². The highest BCUT2D eigenvalue weighted by molar-refractivity contribution is 5.95. The number of Topliss-reactive ketones (excluding diaryl/α,β-unsaturated/α-hetero) is 1. The second kappa shape index (κ2) is 35.2. The third-order valence-electron chi connectivity index (χ3n) is 13.0. The van der Waals surface area contributed by atoms with Crippen molar-refractivity contribution >= 4 is 29.4 Å². The van der Waals surface area contributed by atoms with Crippen LogP contribution >= 0.6 is 0 Å². The summed E-state index contributed by atoms with van der Waals surface area (Å²) < 4.78 is 21.3. The zero-order valence-corrected chi connectivity index (χ0v) is 47.0. The summed E-state index contributed by atoms with van der Waals surface area (Å²) in [6.07, 6.45) is 1.75. The van der Waals surface area contributed by atoms with Crippen molar-refractivity contribution < 1.29 is 63.7 Å². The molecule has 0 spiro atoms. The predicted molar refractivity (Wildman–Crippen MR) is 295 cm³/mol. The number of ether oxygens (including phenoxy) is 4. The van der Waals surface area contributed by atoms with Crippen LogP contribution in [0.4, 0.5) is 0 Å². The normalized spacial score (nSPS) is 11.7. The fourth-order valence-electron chi connectivity index (χ4n) is 8.39. The van der Waals surface area contributed by atoms with E-state index in [1.807, 2.05) is 9.80 Å². The first-order valence-electron chi connectivity index (χ1n) is 26.7. The smallest absolute Gasteiger partial charge is 0.295 e. The Labute approximate surface area is 472 Å². The Balaban J connectivity index is 1.55. The van der Waals surface area contributed by atoms with Crippen LogP contribution in [0.2, 0.25) is 0 Å². The summed E-state index contributed by atoms with van der Waals surface area (Å²) in [5.74, 6) is -2.98. The Morgan fingerprint density at radius 1 is 0.463 bits per heavy atom. The number of pyridine rings is 4. The standard InChI is InChI=1S/C53H78N12O17/c1-6-45(66)44(59-33-37-11-15-41(51(72)63(37)76)47(68)56-21-29-80-3)18-27-61(35-39-13-17-43(53(74)65(39)78)49(70)58-23-31-82-5)25-8-7-24-60(34-38-12-16-42(52(73)64(38)77)48(69)57-22-30-81-4)26-9-19-54-32-36-10-14-40(50(71)62(36)75)46(67)55-20-28-79-2/h10-17,44,54,59,75-78H,6-9,18-35H2,1-5H3,(H,55,67)(H,56,68)(H,57,69)(H,58,70). The van der Waals surface area contributed by atoms with Crippen LogP contribution in [0.1, 0.15) is 103 Å². The van der Waals surface area contributed by atoms with Gasteiger partial charge in [-0.05, 0) is 100 Å². The van der Waals surface area contributed by atoms with Gasteiger partial charge in [0.1, 0.15) is 28.0 Å². The molecule has 82 heavy (non-hydrogen) atoms. The Bertz CT molecular complexity index is 3000. The van der Waals surface area contributed by atoms with E-state index in [4.69, 9.17) is 18.9 Å². The zero-order chi connectivity index (χ0) is 60.1. The van der Waals surface area contributed by atoms with E-state index in [1.54, 1.807) is 6.92 Å². The first kappa shape index (κ1) is 66.7. The predicted octanol–water partition coefficient (Wildman–Crippen LogP) is -1.42. The van der Waals surface area contributed by atoms with E-state index in [0.717, 1.165) is 0 Å². The molecule has 0 aliphatic heterocycles. The summed E-state index contributed by atoms with van der Waals surface area (Å²) in [6, 6.07) is 10.1. The maximum absolute atomic E-state index is 13.4. The molecule has 0 radical (unpaired) electrons. The molecule has 0 aromatic carbocycles. The molecule has 452 valence electrons. The van der Waals surface area contributed by atoms with E-state index in [9.17, 15) is 64.0 Å². The fourth-order valence-corrected chi connectivity index (χ4v) is 8.39. The first-order valence-corrected chi connectivity index (χ1v) is 26.7. The van der Waals surface area contributed by atoms with Gasteiger partial charge < -0.3 is 71.7 Å². The number of hydrogen-bond acceptors (Lipinski definition) is 21. The van der Waals surface area contributed by atoms with Crippen LogP contribution in [0.15, 0.2) is 67.7 Å². The number of amides is 4. The number of methoxy groups -OCH3 is 4. The van der Waals surface area contributed by atoms with Crippen molar-refractivity contribution in [2.45, 2.75) is 71.2 Å². The van der Waals surface area contributed by atoms with Crippen LogP contribution in [-0.4, -0.2) is 199 Å². The number of hydrogen-bond donors (Lipinski definition) is 10. The molecule has 0 aliphatic carbocycles. The zero-order valence-electron chi connectivity index (χ0n) is 47.0. The van der Waals surface area contributed by atoms with E-state index in [-0.39, 0.29) is 149 Å². The molecule has 0 bridgehead atoms. The van der Waals surface area contributed by atoms with E-state index >= 15 is 0 Å². The summed E-state index contributed by atoms with van der Waals surface area (Å²) >= 11 is 0. The third-order valence-corrected chi connectivity index (χ3v) is 13.0. The summed E-state index contributed by atoms with van der Waals surface area (Å²) in [4.78, 5) is 120. The molecule has 0 aliphatic rings. The minimum atomic E-state index is -0.967. The SMILES string of the molecule is CCC(=O)C(CCN(CCCCN(CCCNCc1ccc(C(=O)NCCOC)c(=O)n1O)Cc1ccc(C(=O)NCCOC)c(=O)n1O)Cc1ccc(C(=O)NCCOC)c(=O)n1O)NCc1ccc(C(=O)NCCOC)c(=O)n1O. The van der Waals surface area contributed by atoms with Crippen molar-refractivity contribution in [1.29, 1.82) is 0 Å². The fraction of sp³-hybridized carbons (Fsp3) is 0.528. The van der Waals surface area contributed by atoms with Crippen molar-refractivity contribution in [3.63, 3.8) is 0 Å². The average molecular weight is 1160 g/mol. The van der Waals surface area contributed by atoms with Crippen LogP contribution in [0, 0.1) is 0 Å². The molecule has 4 heterocycles. The number of unbranched alkanes of at least 4 members (excludes halogenated alkanes) is 1. The number of nitrogens with zero attached hydrogens (tertiary/aromatic N) is 6. The Morgan fingerprint density at radius 2 is 0.793 bits per heavy atom. The molecule has 0 fully saturated rings. The average Bonchev–Trinajstić information content (AvgIpc) is 3.67. The lowest BCUT2D eigenvalue weighted by Crippen LogP contribution is -2.41. The van der Waals surface area contributed by atoms with Crippen LogP contribution in [0.3, 0.4) is 0 Å². The maximum Gasteiger partial charge on any atom is 0.295 e. The number of aromatic nitrogens is 4. The van der Waals surface area contributed by atoms with Gasteiger partial charge in [-0.3, -0.25) is 53.0 Å². The molecule has 4 rings (SSSR count). The molecular formula is C53H78N12O17. The van der Waals surface area contributed by atoms with Crippen molar-refractivity contribution in [2.75, 3.05) is 114 Å². The third kappa shape index (κ3) is 20.0. The molecular weight excluding hydrogens is 1080 g/mol. The molecule has 1 atom stereocenters. The summed E-state index contributed by atoms with van der Waals surface area (Å²) in [5.41, 5.74) is -4.34. The van der Waals surface area contributed by atoms with Crippen LogP contribution < -0.4 is 54.1 Å². The largest absolute Gasteiger partial charge is 0.425 e. The highest BCUT2D eigenvalue weighted by atomic mass is 16.5. The second-order valence-corrected chi connectivity index (χ2v) is 18.7. The van der Waals surface area contributed by atoms with E-state index in [1.165, 1.54) is 77.0 Å². The molecule has 10 N–H and O–H groups in total. The molecule has 29 nitrogen and oxygen atoms in total. The van der Waals surface area contributed by atoms with Gasteiger partial charge in [0, 0.05) is 93.8 Å². The topological polar surface area (TPSA) is 370 Å². The molecule has 0 saturated carbocycles. The van der Waals surface area contributed by atoms with Crippen molar-refractivity contribution in [3.05, 3.63) is 135 Å². The molecule has 0 saturated heterocycles. The first-order chi connectivity index (χ1) is 39.4. The van der Waals surface area contributed by atoms with Crippen molar-refractivity contribution in [1.82, 2.24) is 60.6 Å². The lowest BCUT2D eigenvalue weighted by atomic mass is 10.1. The van der Waals surface area contributed by atoms with E-state index < -0.39 is 51.9 Å². The summed E-state index contributed by atoms with van der Waals surface area (Å²) in [6.45, 7) is 4.64. The molecule has 4 amide bonds. The number of nitrogens with one attached hydrogen (secondary N) is 6. The quantitative estimate of drug-likeness (QED) is 0.0181. The van der Waals surface area contributed by atoms with Crippen LogP contribution in [0.5, 0.6) is 0 Å². The number of carbonyl (C=O) groups excluding carboxylic acids is 5. The number of carbonyl (C=O) groups is 5. The number of rotatable bonds is 39. The van der Waals surface area contributed by atoms with Gasteiger partial charge >= 0.3 is 0 Å². The Hall–Kier alpha value is -7.77. The van der Waals surface area contributed by atoms with Gasteiger partial charge in [0.2, 0.25) is 0 Å². The van der Waals surface area contributed by atoms with Crippen LogP contribution in [0.25, 0.3) is 0 Å². The lowest BCUT2D eigenvalue weighted by molar-refractivity contribution is -0.121. The van der Waals surface area contributed by atoms with Gasteiger partial charge in [0.25, 0.3) is 45.9 Å². The monoisotopic (exact) mass is 1150 g/mol. The van der Waals surface area contributed by atoms with E-state index in [0.29, 0.717) is 64.4 Å². The molecule has 4 aromatic heterocycles. The highest BCUT2D eigenvalue weighted by Crippen LogP contribution is 2.13. The van der Waals surface area contributed by atoms with Gasteiger partial charge in [-0.1, -0.05) is 6.92 Å². The minimum Gasteiger partial charge on any atom is -0.425 e. The second-order valence-electron chi connectivity index (χ2n) is 18.7. The molecule has 1 unspecified atom stereocenters. The number of ketones is 1. The van der Waals surface area contributed by atoms with Crippen LogP contribution in [-0.2, 0) is 49.9 Å². The highest BCUT2D eigenvalue weighted by Gasteiger charge is 2.23. The maximum atomic E-state index is 13.4.